The van der Waals surface area contributed by atoms with E-state index in [0.717, 1.165) is 0 Å². The van der Waals surface area contributed by atoms with Gasteiger partial charge in [0.2, 0.25) is 0 Å². The largest absolute Gasteiger partial charge is 7.00 e. The van der Waals surface area contributed by atoms with Gasteiger partial charge >= 0.3 is 40.2 Å². The first-order chi connectivity index (χ1) is 30.5. The summed E-state index contributed by atoms with van der Waals surface area (Å²) in [6.07, 6.45) is -5.53. The third-order valence-corrected chi connectivity index (χ3v) is 9.79. The third-order valence-electron chi connectivity index (χ3n) is 5.02. The zero-order valence-corrected chi connectivity index (χ0v) is 50.1. The van der Waals surface area contributed by atoms with Gasteiger partial charge in [0.1, 0.15) is 0 Å². The second-order valence-electron chi connectivity index (χ2n) is 11.6. The van der Waals surface area contributed by atoms with Gasteiger partial charge in [-0.25, -0.2) is 0 Å². The van der Waals surface area contributed by atoms with E-state index in [-0.39, 0.29) is 40.2 Å². The van der Waals surface area contributed by atoms with Gasteiger partial charge in [0.15, 0.2) is 0 Å². The predicted octanol–water partition coefficient (Wildman–Crippen LogP) is -18.0. The summed E-state index contributed by atoms with van der Waals surface area (Å²) < 4.78 is -13.6. The molecule has 406 valence electrons. The SMILES string of the molecule is O=C([O-])CC(S)(S)C(=O)[O-].O=C([O-])CC(S)(S)C(=O)[O-].O=C([O-])CC(S)(S)C(=O)[O-].O=C([O-])CC(S)(S)C(=O)[O-].O=C([O-])CC(S)(S)C(=O)[O-].O=C([O-])CC(S)(S)C(=O)[O-].O=C([O-])CC(S)(S)C(=O)[O-].[Tc+7].[Tc+7]. The average Bonchev–Trinajstić information content (AvgIpc) is 3.06. The summed E-state index contributed by atoms with van der Waals surface area (Å²) in [5, 5.41) is 139. The van der Waals surface area contributed by atoms with E-state index < -0.39 is 157 Å². The van der Waals surface area contributed by atoms with Crippen LogP contribution in [0.15, 0.2) is 0 Å². The number of carbonyl (C=O) groups excluding carboxylic acids is 14. The second kappa shape index (κ2) is 41.0. The molecule has 0 saturated heterocycles. The monoisotopic (exact) mass is 1450 g/mol. The molecule has 0 spiro atoms. The van der Waals surface area contributed by atoms with Gasteiger partial charge < -0.3 is 139 Å². The summed E-state index contributed by atoms with van der Waals surface area (Å²) >= 11 is 47.6. The van der Waals surface area contributed by atoms with E-state index in [9.17, 15) is 139 Å². The van der Waals surface area contributed by atoms with Crippen LogP contribution in [-0.4, -0.2) is 112 Å². The molecule has 0 aromatic carbocycles. The van der Waals surface area contributed by atoms with Crippen LogP contribution in [0.2, 0.25) is 0 Å². The Kier molecular flexibility index (Phi) is 51.4. The minimum Gasteiger partial charge on any atom is -0.550 e. The number of rotatable bonds is 21. The number of hydrogen-bond donors (Lipinski definition) is 14. The molecule has 0 aliphatic heterocycles. The average molecular weight is 1460 g/mol. The van der Waals surface area contributed by atoms with Crippen LogP contribution in [0.25, 0.3) is 0 Å². The molecule has 72 heavy (non-hydrogen) atoms. The number of carbonyl (C=O) groups is 14. The van der Waals surface area contributed by atoms with Crippen LogP contribution in [0, 0.1) is 0 Å². The Morgan fingerprint density at radius 2 is 0.250 bits per heavy atom. The van der Waals surface area contributed by atoms with E-state index in [0.29, 0.717) is 0 Å². The molecule has 0 aliphatic rings. The van der Waals surface area contributed by atoms with Gasteiger partial charge in [-0.2, -0.15) is 177 Å². The zero-order valence-electron chi connectivity index (χ0n) is 33.9. The number of hydrogen-bond acceptors (Lipinski definition) is 42. The molecule has 0 fully saturated rings. The van der Waals surface area contributed by atoms with Crippen molar-refractivity contribution in [3.05, 3.63) is 0 Å². The number of aliphatic carboxylic acids is 14. The van der Waals surface area contributed by atoms with Gasteiger partial charge in [0.25, 0.3) is 0 Å². The van der Waals surface area contributed by atoms with Crippen molar-refractivity contribution in [3.8, 4) is 0 Å². The standard InChI is InChI=1S/7C4H6O4S2.2Tc/c7*5-2(6)1-4(9,10)3(7)8;;/h7*9-10H,1H2,(H,5,6)(H,7,8);;/q;;;;;;;2*+7/p-14. The minimum absolute atomic E-state index is 0. The van der Waals surface area contributed by atoms with Crippen molar-refractivity contribution in [2.45, 2.75) is 73.5 Å². The fourth-order valence-electron chi connectivity index (χ4n) is 1.91. The summed E-state index contributed by atoms with van der Waals surface area (Å²) in [6.45, 7) is 0. The molecule has 0 saturated carbocycles. The Bertz CT molecular complexity index is 1540. The smallest absolute Gasteiger partial charge is 0.550 e. The third kappa shape index (κ3) is 55.0. The number of thiol groups is 14. The van der Waals surface area contributed by atoms with Crippen molar-refractivity contribution in [1.29, 1.82) is 0 Å². The van der Waals surface area contributed by atoms with Crippen molar-refractivity contribution in [2.24, 2.45) is 0 Å². The Morgan fingerprint density at radius 3 is 0.264 bits per heavy atom. The first-order valence-corrected chi connectivity index (χ1v) is 21.8. The van der Waals surface area contributed by atoms with Gasteiger partial charge in [0.05, 0.1) is 70.3 Å². The van der Waals surface area contributed by atoms with Crippen LogP contribution in [0.1, 0.15) is 44.9 Å². The fraction of sp³-hybridized carbons (Fsp3) is 0.500. The van der Waals surface area contributed by atoms with E-state index in [4.69, 9.17) is 0 Å². The Balaban J connectivity index is -0.0000000915. The maximum Gasteiger partial charge on any atom is 7.00 e. The van der Waals surface area contributed by atoms with Gasteiger partial charge in [-0.1, -0.05) is 0 Å². The summed E-state index contributed by atoms with van der Waals surface area (Å²) in [7, 11) is 0. The quantitative estimate of drug-likeness (QED) is 0.0375. The van der Waals surface area contributed by atoms with Crippen molar-refractivity contribution >= 4 is 260 Å². The molecule has 0 bridgehead atoms. The van der Waals surface area contributed by atoms with Crippen molar-refractivity contribution in [2.75, 3.05) is 0 Å². The van der Waals surface area contributed by atoms with E-state index in [1.165, 1.54) is 0 Å². The summed E-state index contributed by atoms with van der Waals surface area (Å²) in [5.41, 5.74) is 0. The van der Waals surface area contributed by atoms with Crippen LogP contribution in [-0.2, 0) is 107 Å². The Hall–Kier alpha value is -1.22. The maximum atomic E-state index is 10.0. The molecular formula is C28H28O28S14Tc2. The molecule has 0 N–H and O–H groups in total. The molecule has 0 rings (SSSR count). The summed E-state index contributed by atoms with van der Waals surface area (Å²) in [6, 6.07) is 0. The van der Waals surface area contributed by atoms with E-state index in [1.807, 2.05) is 0 Å². The summed E-state index contributed by atoms with van der Waals surface area (Å²) in [5.74, 6) is -22.3. The fourth-order valence-corrected chi connectivity index (χ4v) is 3.72. The molecule has 44 heteroatoms. The number of carboxylic acid groups (broad SMARTS) is 14. The van der Waals surface area contributed by atoms with E-state index in [2.05, 4.69) is 177 Å². The van der Waals surface area contributed by atoms with Gasteiger partial charge in [-0.05, 0) is 0 Å². The second-order valence-corrected chi connectivity index (χ2v) is 24.7. The molecule has 0 unspecified atom stereocenters. The maximum absolute atomic E-state index is 10.0. The van der Waals surface area contributed by atoms with Crippen LogP contribution < -0.4 is 71.5 Å². The number of carboxylic acids is 14. The first kappa shape index (κ1) is 90.3. The molecule has 0 atom stereocenters. The van der Waals surface area contributed by atoms with Crippen molar-refractivity contribution in [1.82, 2.24) is 0 Å². The zero-order chi connectivity index (χ0) is 58.5. The topological polar surface area (TPSA) is 562 Å². The normalized spacial score (nSPS) is 10.7. The van der Waals surface area contributed by atoms with E-state index >= 15 is 0 Å². The van der Waals surface area contributed by atoms with Crippen LogP contribution in [0.5, 0.6) is 0 Å². The molecule has 0 aromatic heterocycles. The molecule has 28 nitrogen and oxygen atoms in total. The molecule has 0 heterocycles. The van der Waals surface area contributed by atoms with Gasteiger partial charge in [0, 0.05) is 86.7 Å². The van der Waals surface area contributed by atoms with Crippen LogP contribution in [0.4, 0.5) is 0 Å². The molecule has 0 aromatic rings. The van der Waals surface area contributed by atoms with E-state index in [1.54, 1.807) is 0 Å². The molecule has 0 amide bonds. The minimum atomic E-state index is -1.95. The molecule has 0 aliphatic carbocycles. The Morgan fingerprint density at radius 1 is 0.194 bits per heavy atom. The van der Waals surface area contributed by atoms with Crippen LogP contribution >= 0.6 is 177 Å². The predicted molar refractivity (Wildman–Crippen MR) is 247 cm³/mol. The van der Waals surface area contributed by atoms with Crippen LogP contribution in [0.3, 0.4) is 0 Å². The first-order valence-electron chi connectivity index (χ1n) is 15.5. The van der Waals surface area contributed by atoms with Gasteiger partial charge in [-0.3, -0.25) is 0 Å². The van der Waals surface area contributed by atoms with Crippen molar-refractivity contribution in [3.63, 3.8) is 0 Å². The molecular weight excluding hydrogens is 1430 g/mol. The Labute approximate surface area is 507 Å². The van der Waals surface area contributed by atoms with Crippen molar-refractivity contribution < 1.29 is 179 Å². The molecule has 0 radical (unpaired) electrons. The van der Waals surface area contributed by atoms with Gasteiger partial charge in [-0.15, -0.1) is 0 Å². The summed E-state index contributed by atoms with van der Waals surface area (Å²) in [4.78, 5) is 139.